The Morgan fingerprint density at radius 2 is 2.04 bits per heavy atom. The lowest BCUT2D eigenvalue weighted by Crippen LogP contribution is -2.10. The molecule has 0 aliphatic carbocycles. The Balaban J connectivity index is 1.70. The maximum Gasteiger partial charge on any atom is 0.291 e. The number of aromatic nitrogens is 1. The zero-order valence-electron chi connectivity index (χ0n) is 12.3. The number of halogens is 1. The molecule has 0 saturated carbocycles. The third-order valence-electron chi connectivity index (χ3n) is 3.75. The number of anilines is 1. The Hall–Kier alpha value is -2.53. The van der Waals surface area contributed by atoms with Crippen molar-refractivity contribution in [2.24, 2.45) is 0 Å². The summed E-state index contributed by atoms with van der Waals surface area (Å²) in [5.41, 5.74) is 3.49. The van der Waals surface area contributed by atoms with Crippen molar-refractivity contribution in [3.05, 3.63) is 64.5 Å². The highest BCUT2D eigenvalue weighted by atomic mass is 79.9. The Morgan fingerprint density at radius 3 is 2.91 bits per heavy atom. The van der Waals surface area contributed by atoms with Crippen molar-refractivity contribution in [2.45, 2.75) is 6.92 Å². The van der Waals surface area contributed by atoms with Gasteiger partial charge in [0.25, 0.3) is 5.91 Å². The van der Waals surface area contributed by atoms with E-state index in [2.05, 4.69) is 26.2 Å². The van der Waals surface area contributed by atoms with E-state index in [0.717, 1.165) is 32.1 Å². The standard InChI is InChI=1S/C18H13BrN2O2/c1-10-7-13-14(20-10)3-2-4-15(13)21-18(22)17-8-11-5-6-12(19)9-16(11)23-17/h2-9,20H,1H3,(H,21,22). The van der Waals surface area contributed by atoms with Crippen molar-refractivity contribution < 1.29 is 9.21 Å². The van der Waals surface area contributed by atoms with Crippen LogP contribution in [0.3, 0.4) is 0 Å². The number of amides is 1. The number of H-pyrrole nitrogens is 1. The summed E-state index contributed by atoms with van der Waals surface area (Å²) in [5.74, 6) is 0.0334. The second-order valence-corrected chi connectivity index (χ2v) is 6.38. The number of aromatic amines is 1. The first-order chi connectivity index (χ1) is 11.1. The van der Waals surface area contributed by atoms with Gasteiger partial charge in [-0.05, 0) is 49.4 Å². The quantitative estimate of drug-likeness (QED) is 0.508. The number of rotatable bonds is 2. The number of hydrogen-bond acceptors (Lipinski definition) is 2. The predicted octanol–water partition coefficient (Wildman–Crippen LogP) is 5.24. The highest BCUT2D eigenvalue weighted by molar-refractivity contribution is 9.10. The van der Waals surface area contributed by atoms with Crippen molar-refractivity contribution >= 4 is 49.4 Å². The lowest BCUT2D eigenvalue weighted by atomic mass is 10.2. The molecule has 4 rings (SSSR count). The van der Waals surface area contributed by atoms with Gasteiger partial charge in [0.1, 0.15) is 5.58 Å². The average Bonchev–Trinajstić information content (AvgIpc) is 3.09. The van der Waals surface area contributed by atoms with E-state index in [0.29, 0.717) is 11.3 Å². The third kappa shape index (κ3) is 2.53. The van der Waals surface area contributed by atoms with Gasteiger partial charge in [-0.25, -0.2) is 0 Å². The van der Waals surface area contributed by atoms with Gasteiger partial charge in [0.2, 0.25) is 0 Å². The average molecular weight is 369 g/mol. The van der Waals surface area contributed by atoms with Crippen molar-refractivity contribution in [3.8, 4) is 0 Å². The zero-order chi connectivity index (χ0) is 16.0. The first-order valence-electron chi connectivity index (χ1n) is 7.19. The molecule has 5 heteroatoms. The van der Waals surface area contributed by atoms with Gasteiger partial charge in [0.05, 0.1) is 5.69 Å². The fraction of sp³-hybridized carbons (Fsp3) is 0.0556. The zero-order valence-corrected chi connectivity index (χ0v) is 13.9. The molecule has 0 radical (unpaired) electrons. The smallest absolute Gasteiger partial charge is 0.291 e. The molecule has 0 saturated heterocycles. The number of carbonyl (C=O) groups excluding carboxylic acids is 1. The fourth-order valence-electron chi connectivity index (χ4n) is 2.70. The van der Waals surface area contributed by atoms with Crippen molar-refractivity contribution in [3.63, 3.8) is 0 Å². The van der Waals surface area contributed by atoms with Gasteiger partial charge in [-0.15, -0.1) is 0 Å². The molecule has 2 aromatic heterocycles. The minimum Gasteiger partial charge on any atom is -0.451 e. The number of fused-ring (bicyclic) bond motifs is 2. The molecule has 0 fully saturated rings. The first-order valence-corrected chi connectivity index (χ1v) is 7.98. The van der Waals surface area contributed by atoms with Crippen LogP contribution in [0.5, 0.6) is 0 Å². The molecule has 4 nitrogen and oxygen atoms in total. The Labute approximate surface area is 140 Å². The molecule has 0 aliphatic heterocycles. The van der Waals surface area contributed by atoms with E-state index in [1.54, 1.807) is 6.07 Å². The van der Waals surface area contributed by atoms with Crippen LogP contribution in [0.15, 0.2) is 57.4 Å². The van der Waals surface area contributed by atoms with E-state index >= 15 is 0 Å². The molecule has 0 bridgehead atoms. The van der Waals surface area contributed by atoms with Crippen LogP contribution < -0.4 is 5.32 Å². The largest absolute Gasteiger partial charge is 0.451 e. The maximum atomic E-state index is 12.5. The van der Waals surface area contributed by atoms with E-state index in [-0.39, 0.29) is 5.91 Å². The second kappa shape index (κ2) is 5.28. The van der Waals surface area contributed by atoms with Gasteiger partial charge in [0.15, 0.2) is 5.76 Å². The van der Waals surface area contributed by atoms with Gasteiger partial charge in [-0.1, -0.05) is 22.0 Å². The van der Waals surface area contributed by atoms with Crippen LogP contribution in [0.1, 0.15) is 16.2 Å². The lowest BCUT2D eigenvalue weighted by Gasteiger charge is -2.04. The molecule has 0 atom stereocenters. The summed E-state index contributed by atoms with van der Waals surface area (Å²) in [6, 6.07) is 15.2. The number of carbonyl (C=O) groups is 1. The van der Waals surface area contributed by atoms with Crippen molar-refractivity contribution in [1.82, 2.24) is 4.98 Å². The fourth-order valence-corrected chi connectivity index (χ4v) is 3.04. The van der Waals surface area contributed by atoms with E-state index in [1.165, 1.54) is 0 Å². The molecule has 0 spiro atoms. The van der Waals surface area contributed by atoms with Crippen LogP contribution in [0.2, 0.25) is 0 Å². The Kier molecular flexibility index (Phi) is 3.23. The van der Waals surface area contributed by atoms with E-state index in [1.807, 2.05) is 49.4 Å². The molecule has 4 aromatic rings. The van der Waals surface area contributed by atoms with Crippen molar-refractivity contribution in [2.75, 3.05) is 5.32 Å². The molecule has 1 amide bonds. The summed E-state index contributed by atoms with van der Waals surface area (Å²) >= 11 is 3.40. The second-order valence-electron chi connectivity index (χ2n) is 5.47. The van der Waals surface area contributed by atoms with Crippen LogP contribution in [0.4, 0.5) is 5.69 Å². The third-order valence-corrected chi connectivity index (χ3v) is 4.25. The summed E-state index contributed by atoms with van der Waals surface area (Å²) in [6.07, 6.45) is 0. The SMILES string of the molecule is Cc1cc2c(NC(=O)c3cc4ccc(Br)cc4o3)cccc2[nH]1. The van der Waals surface area contributed by atoms with Crippen LogP contribution >= 0.6 is 15.9 Å². The number of benzene rings is 2. The summed E-state index contributed by atoms with van der Waals surface area (Å²) in [6.45, 7) is 1.99. The minimum absolute atomic E-state index is 0.260. The minimum atomic E-state index is -0.260. The Bertz CT molecular complexity index is 1050. The summed E-state index contributed by atoms with van der Waals surface area (Å²) in [5, 5.41) is 4.81. The van der Waals surface area contributed by atoms with Gasteiger partial charge in [-0.3, -0.25) is 4.79 Å². The first kappa shape index (κ1) is 14.1. The number of aryl methyl sites for hydroxylation is 1. The normalized spacial score (nSPS) is 11.2. The molecule has 2 N–H and O–H groups in total. The van der Waals surface area contributed by atoms with Crippen LogP contribution in [0.25, 0.3) is 21.9 Å². The molecule has 0 aliphatic rings. The predicted molar refractivity (Wildman–Crippen MR) is 94.9 cm³/mol. The number of hydrogen-bond donors (Lipinski definition) is 2. The molecule has 23 heavy (non-hydrogen) atoms. The van der Waals surface area contributed by atoms with E-state index in [4.69, 9.17) is 4.42 Å². The van der Waals surface area contributed by atoms with Gasteiger partial charge in [-0.2, -0.15) is 0 Å². The Morgan fingerprint density at radius 1 is 1.17 bits per heavy atom. The topological polar surface area (TPSA) is 58.0 Å². The van der Waals surface area contributed by atoms with E-state index < -0.39 is 0 Å². The highest BCUT2D eigenvalue weighted by Crippen LogP contribution is 2.27. The highest BCUT2D eigenvalue weighted by Gasteiger charge is 2.14. The van der Waals surface area contributed by atoms with Crippen LogP contribution in [-0.4, -0.2) is 10.9 Å². The van der Waals surface area contributed by atoms with E-state index in [9.17, 15) is 4.79 Å². The molecular formula is C18H13BrN2O2. The van der Waals surface area contributed by atoms with Crippen LogP contribution in [0, 0.1) is 6.92 Å². The van der Waals surface area contributed by atoms with Crippen molar-refractivity contribution in [1.29, 1.82) is 0 Å². The lowest BCUT2D eigenvalue weighted by molar-refractivity contribution is 0.0999. The summed E-state index contributed by atoms with van der Waals surface area (Å²) < 4.78 is 6.57. The summed E-state index contributed by atoms with van der Waals surface area (Å²) in [4.78, 5) is 15.8. The monoisotopic (exact) mass is 368 g/mol. The molecule has 2 heterocycles. The number of furan rings is 1. The molecule has 114 valence electrons. The molecular weight excluding hydrogens is 356 g/mol. The molecule has 0 unspecified atom stereocenters. The summed E-state index contributed by atoms with van der Waals surface area (Å²) in [7, 11) is 0. The number of nitrogens with one attached hydrogen (secondary N) is 2. The van der Waals surface area contributed by atoms with Gasteiger partial charge in [0, 0.05) is 26.5 Å². The maximum absolute atomic E-state index is 12.5. The van der Waals surface area contributed by atoms with Gasteiger partial charge >= 0.3 is 0 Å². The van der Waals surface area contributed by atoms with Gasteiger partial charge < -0.3 is 14.7 Å². The molecule has 2 aromatic carbocycles. The van der Waals surface area contributed by atoms with Crippen LogP contribution in [-0.2, 0) is 0 Å².